The topological polar surface area (TPSA) is 99.4 Å². The Morgan fingerprint density at radius 1 is 1.55 bits per heavy atom. The fourth-order valence-electron chi connectivity index (χ4n) is 2.50. The van der Waals surface area contributed by atoms with Crippen LogP contribution in [0, 0.1) is 21.4 Å². The van der Waals surface area contributed by atoms with Gasteiger partial charge in [0.1, 0.15) is 11.6 Å². The molecule has 2 rings (SSSR count). The van der Waals surface area contributed by atoms with Gasteiger partial charge in [-0.3, -0.25) is 10.1 Å². The Bertz CT molecular complexity index is 554. The van der Waals surface area contributed by atoms with Crippen LogP contribution in [-0.2, 0) is 0 Å². The molecule has 106 valence electrons. The lowest BCUT2D eigenvalue weighted by Crippen LogP contribution is -2.55. The zero-order valence-corrected chi connectivity index (χ0v) is 11.3. The Morgan fingerprint density at radius 3 is 2.90 bits per heavy atom. The number of nitriles is 1. The number of hydrogen-bond donors (Lipinski definition) is 1. The number of rotatable bonds is 3. The number of nitro groups is 1. The maximum Gasteiger partial charge on any atom is 0.289 e. The molecule has 1 aromatic rings. The molecule has 20 heavy (non-hydrogen) atoms. The van der Waals surface area contributed by atoms with Crippen molar-refractivity contribution in [3.05, 3.63) is 33.9 Å². The summed E-state index contributed by atoms with van der Waals surface area (Å²) in [4.78, 5) is 14.8. The fourth-order valence-corrected chi connectivity index (χ4v) is 2.50. The summed E-state index contributed by atoms with van der Waals surface area (Å²) in [6.07, 6.45) is 0. The predicted octanol–water partition coefficient (Wildman–Crippen LogP) is 0.546. The number of benzene rings is 1. The molecule has 0 bridgehead atoms. The maximum absolute atomic E-state index is 11.0. The fraction of sp³-hybridized carbons (Fsp3) is 0.462. The molecule has 1 aromatic carbocycles. The molecule has 1 saturated heterocycles. The van der Waals surface area contributed by atoms with E-state index in [1.54, 1.807) is 6.07 Å². The highest BCUT2D eigenvalue weighted by Crippen LogP contribution is 2.27. The molecule has 1 atom stereocenters. The van der Waals surface area contributed by atoms with Crippen LogP contribution in [0.1, 0.15) is 5.56 Å². The van der Waals surface area contributed by atoms with Gasteiger partial charge in [-0.15, -0.1) is 0 Å². The van der Waals surface area contributed by atoms with Crippen molar-refractivity contribution < 1.29 is 4.92 Å². The number of piperazine rings is 1. The van der Waals surface area contributed by atoms with E-state index in [0.29, 0.717) is 6.54 Å². The van der Waals surface area contributed by atoms with E-state index in [9.17, 15) is 10.1 Å². The van der Waals surface area contributed by atoms with E-state index >= 15 is 0 Å². The van der Waals surface area contributed by atoms with E-state index in [4.69, 9.17) is 11.0 Å². The van der Waals surface area contributed by atoms with Crippen LogP contribution in [0.15, 0.2) is 18.2 Å². The van der Waals surface area contributed by atoms with E-state index in [-0.39, 0.29) is 17.3 Å². The molecule has 0 amide bonds. The van der Waals surface area contributed by atoms with Crippen LogP contribution in [0.3, 0.4) is 0 Å². The highest BCUT2D eigenvalue weighted by Gasteiger charge is 2.26. The van der Waals surface area contributed by atoms with Crippen molar-refractivity contribution in [1.82, 2.24) is 4.90 Å². The summed E-state index contributed by atoms with van der Waals surface area (Å²) in [7, 11) is 2.03. The van der Waals surface area contributed by atoms with Crippen LogP contribution < -0.4 is 10.6 Å². The average molecular weight is 275 g/mol. The van der Waals surface area contributed by atoms with Gasteiger partial charge in [0.2, 0.25) is 0 Å². The zero-order valence-electron chi connectivity index (χ0n) is 11.3. The molecule has 2 N–H and O–H groups in total. The highest BCUT2D eigenvalue weighted by molar-refractivity contribution is 5.61. The molecule has 0 radical (unpaired) electrons. The van der Waals surface area contributed by atoms with Crippen molar-refractivity contribution in [2.24, 2.45) is 5.73 Å². The second-order valence-corrected chi connectivity index (χ2v) is 4.92. The zero-order chi connectivity index (χ0) is 14.7. The van der Waals surface area contributed by atoms with Gasteiger partial charge in [0, 0.05) is 37.9 Å². The molecular formula is C13H17N5O2. The van der Waals surface area contributed by atoms with E-state index in [0.717, 1.165) is 25.3 Å². The molecular weight excluding hydrogens is 258 g/mol. The molecule has 1 unspecified atom stereocenters. The van der Waals surface area contributed by atoms with E-state index in [2.05, 4.69) is 9.80 Å². The number of hydrogen-bond acceptors (Lipinski definition) is 6. The number of nitrogens with zero attached hydrogens (tertiary/aromatic N) is 4. The van der Waals surface area contributed by atoms with Crippen molar-refractivity contribution >= 4 is 11.4 Å². The second kappa shape index (κ2) is 5.86. The minimum absolute atomic E-state index is 0.0807. The third-order valence-electron chi connectivity index (χ3n) is 3.59. The molecule has 0 spiro atoms. The van der Waals surface area contributed by atoms with Gasteiger partial charge in [-0.2, -0.15) is 5.26 Å². The summed E-state index contributed by atoms with van der Waals surface area (Å²) in [5.74, 6) is 0. The van der Waals surface area contributed by atoms with Gasteiger partial charge in [0.05, 0.1) is 11.0 Å². The van der Waals surface area contributed by atoms with E-state index in [1.165, 1.54) is 12.1 Å². The first-order chi connectivity index (χ1) is 9.56. The standard InChI is InChI=1S/C13H17N5O2/c1-16-4-5-17(12(8-15)9-16)11-3-2-10(7-14)13(6-11)18(19)20/h2-3,6,12H,4-5,8-9,15H2,1H3. The maximum atomic E-state index is 11.0. The molecule has 7 heteroatoms. The third-order valence-corrected chi connectivity index (χ3v) is 3.59. The number of anilines is 1. The predicted molar refractivity (Wildman–Crippen MR) is 75.5 cm³/mol. The number of nitrogens with two attached hydrogens (primary N) is 1. The van der Waals surface area contributed by atoms with Crippen molar-refractivity contribution in [3.8, 4) is 6.07 Å². The Balaban J connectivity index is 2.35. The SMILES string of the molecule is CN1CCN(c2ccc(C#N)c([N+](=O)[O-])c2)C(CN)C1. The molecule has 1 aliphatic heterocycles. The molecule has 0 saturated carbocycles. The number of nitro benzene ring substituents is 1. The van der Waals surface area contributed by atoms with Crippen molar-refractivity contribution in [2.45, 2.75) is 6.04 Å². The minimum atomic E-state index is -0.518. The van der Waals surface area contributed by atoms with Crippen LogP contribution in [0.5, 0.6) is 0 Å². The van der Waals surface area contributed by atoms with Crippen LogP contribution >= 0.6 is 0 Å². The van der Waals surface area contributed by atoms with Crippen LogP contribution in [0.4, 0.5) is 11.4 Å². The highest BCUT2D eigenvalue weighted by atomic mass is 16.6. The van der Waals surface area contributed by atoms with Crippen molar-refractivity contribution in [3.63, 3.8) is 0 Å². The van der Waals surface area contributed by atoms with Gasteiger partial charge in [-0.05, 0) is 19.2 Å². The third kappa shape index (κ3) is 2.71. The first-order valence-electron chi connectivity index (χ1n) is 6.40. The van der Waals surface area contributed by atoms with Gasteiger partial charge in [-0.1, -0.05) is 0 Å². The van der Waals surface area contributed by atoms with Gasteiger partial charge in [0.15, 0.2) is 0 Å². The molecule has 1 aliphatic rings. The first-order valence-corrected chi connectivity index (χ1v) is 6.40. The minimum Gasteiger partial charge on any atom is -0.364 e. The van der Waals surface area contributed by atoms with Crippen molar-refractivity contribution in [2.75, 3.05) is 38.1 Å². The van der Waals surface area contributed by atoms with Gasteiger partial charge in [0.25, 0.3) is 5.69 Å². The summed E-state index contributed by atoms with van der Waals surface area (Å²) < 4.78 is 0. The quantitative estimate of drug-likeness (QED) is 0.638. The summed E-state index contributed by atoms with van der Waals surface area (Å²) >= 11 is 0. The second-order valence-electron chi connectivity index (χ2n) is 4.92. The average Bonchev–Trinajstić information content (AvgIpc) is 2.46. The summed E-state index contributed by atoms with van der Waals surface area (Å²) in [5, 5.41) is 19.9. The van der Waals surface area contributed by atoms with Crippen molar-refractivity contribution in [1.29, 1.82) is 5.26 Å². The monoisotopic (exact) mass is 275 g/mol. The van der Waals surface area contributed by atoms with E-state index < -0.39 is 4.92 Å². The molecule has 0 aliphatic carbocycles. The number of likely N-dealkylation sites (N-methyl/N-ethyl adjacent to an activating group) is 1. The Morgan fingerprint density at radius 2 is 2.30 bits per heavy atom. The lowest BCUT2D eigenvalue weighted by molar-refractivity contribution is -0.385. The summed E-state index contributed by atoms with van der Waals surface area (Å²) in [6, 6.07) is 6.69. The lowest BCUT2D eigenvalue weighted by Gasteiger charge is -2.41. The summed E-state index contributed by atoms with van der Waals surface area (Å²) in [5.41, 5.74) is 6.47. The summed E-state index contributed by atoms with van der Waals surface area (Å²) in [6.45, 7) is 2.95. The van der Waals surface area contributed by atoms with Gasteiger partial charge >= 0.3 is 0 Å². The Labute approximate surface area is 117 Å². The molecule has 1 fully saturated rings. The molecule has 1 heterocycles. The lowest BCUT2D eigenvalue weighted by atomic mass is 10.1. The molecule has 0 aromatic heterocycles. The van der Waals surface area contributed by atoms with Crippen LogP contribution in [0.25, 0.3) is 0 Å². The normalized spacial score (nSPS) is 19.6. The Hall–Kier alpha value is -2.17. The van der Waals surface area contributed by atoms with E-state index in [1.807, 2.05) is 13.1 Å². The van der Waals surface area contributed by atoms with Crippen LogP contribution in [0.2, 0.25) is 0 Å². The largest absolute Gasteiger partial charge is 0.364 e. The Kier molecular flexibility index (Phi) is 4.17. The smallest absolute Gasteiger partial charge is 0.289 e. The first kappa shape index (κ1) is 14.2. The van der Waals surface area contributed by atoms with Crippen LogP contribution in [-0.4, -0.2) is 49.1 Å². The molecule has 7 nitrogen and oxygen atoms in total. The van der Waals surface area contributed by atoms with Gasteiger partial charge in [-0.25, -0.2) is 0 Å². The van der Waals surface area contributed by atoms with Gasteiger partial charge < -0.3 is 15.5 Å².